The van der Waals surface area contributed by atoms with Crippen LogP contribution in [0.1, 0.15) is 146 Å². The van der Waals surface area contributed by atoms with Crippen LogP contribution in [0.25, 0.3) is 0 Å². The molecule has 396 valence electrons. The summed E-state index contributed by atoms with van der Waals surface area (Å²) in [6.45, 7) is 18.2. The molecule has 0 aromatic rings. The summed E-state index contributed by atoms with van der Waals surface area (Å²) in [6.07, 6.45) is 10.9. The van der Waals surface area contributed by atoms with Crippen molar-refractivity contribution in [1.29, 1.82) is 0 Å². The Balaban J connectivity index is 1.74. The highest BCUT2D eigenvalue weighted by Crippen LogP contribution is 2.38. The molecule has 0 aromatic heterocycles. The molecule has 70 heavy (non-hydrogen) atoms. The normalized spacial score (nSPS) is 39.1. The number of rotatable bonds is 7. The van der Waals surface area contributed by atoms with Crippen LogP contribution >= 0.6 is 0 Å². The number of ether oxygens (including phenoxy) is 4. The monoisotopic (exact) mass is 1000 g/mol. The van der Waals surface area contributed by atoms with E-state index in [1.54, 1.807) is 40.9 Å². The van der Waals surface area contributed by atoms with E-state index in [2.05, 4.69) is 4.72 Å². The first-order valence-corrected chi connectivity index (χ1v) is 26.8. The Kier molecular flexibility index (Phi) is 22.6. The number of hydrogen-bond acceptors (Lipinski definition) is 13. The molecule has 3 fully saturated rings. The van der Waals surface area contributed by atoms with Crippen LogP contribution in [0.5, 0.6) is 0 Å². The Bertz CT molecular complexity index is 1960. The first-order valence-electron chi connectivity index (χ1n) is 25.6. The van der Waals surface area contributed by atoms with E-state index in [9.17, 15) is 43.5 Å². The Morgan fingerprint density at radius 3 is 2.26 bits per heavy atom. The minimum atomic E-state index is -2.50. The van der Waals surface area contributed by atoms with Crippen LogP contribution in [-0.4, -0.2) is 134 Å². The van der Waals surface area contributed by atoms with Gasteiger partial charge in [-0.3, -0.25) is 19.2 Å². The molecule has 3 heterocycles. The van der Waals surface area contributed by atoms with Gasteiger partial charge in [-0.1, -0.05) is 76.6 Å². The highest BCUT2D eigenvalue weighted by molar-refractivity contribution is 7.84. The number of allylic oxidation sites excluding steroid dienone is 6. The summed E-state index contributed by atoms with van der Waals surface area (Å²) in [5.41, 5.74) is 1.19. The third kappa shape index (κ3) is 15.9. The van der Waals surface area contributed by atoms with E-state index in [1.165, 1.54) is 12.0 Å². The lowest BCUT2D eigenvalue weighted by molar-refractivity contribution is -0.264. The Morgan fingerprint density at radius 1 is 0.900 bits per heavy atom. The molecule has 1 amide bonds. The van der Waals surface area contributed by atoms with Gasteiger partial charge in [-0.2, -0.15) is 0 Å². The molecule has 2 bridgehead atoms. The van der Waals surface area contributed by atoms with Crippen LogP contribution < -0.4 is 4.72 Å². The number of fused-ring (bicyclic) bond motifs is 3. The average Bonchev–Trinajstić information content (AvgIpc) is 3.31. The van der Waals surface area contributed by atoms with E-state index in [1.807, 2.05) is 71.9 Å². The number of ketones is 3. The lowest BCUT2D eigenvalue weighted by Crippen LogP contribution is -2.61. The molecule has 3 aliphatic heterocycles. The Hall–Kier alpha value is -3.22. The van der Waals surface area contributed by atoms with E-state index < -0.39 is 99.5 Å². The first-order chi connectivity index (χ1) is 32.8. The fourth-order valence-electron chi connectivity index (χ4n) is 10.3. The second-order valence-electron chi connectivity index (χ2n) is 21.9. The predicted octanol–water partition coefficient (Wildman–Crippen LogP) is 6.59. The molecule has 4 aliphatic rings. The highest BCUT2D eigenvalue weighted by atomic mass is 32.2. The van der Waals surface area contributed by atoms with Gasteiger partial charge in [0.05, 0.1) is 34.0 Å². The van der Waals surface area contributed by atoms with Gasteiger partial charge in [-0.15, -0.1) is 0 Å². The van der Waals surface area contributed by atoms with E-state index in [0.717, 1.165) is 5.57 Å². The number of carbonyl (C=O) groups excluding carboxylic acids is 5. The summed E-state index contributed by atoms with van der Waals surface area (Å²) < 4.78 is 39.8. The molecule has 2 saturated heterocycles. The maximum Gasteiger partial charge on any atom is 0.329 e. The summed E-state index contributed by atoms with van der Waals surface area (Å²) in [5.74, 6) is -8.33. The van der Waals surface area contributed by atoms with Crippen molar-refractivity contribution < 1.29 is 62.4 Å². The number of hydrogen-bond donors (Lipinski definition) is 4. The molecule has 4 N–H and O–H groups in total. The zero-order chi connectivity index (χ0) is 52.2. The standard InChI is InChI=1S/C54H86N2O13S/c1-32-18-14-13-15-19-33(2)41(55-70(65)53(8,9)10)30-40-23-21-38(7)54(64,69-40)50(61)51(62)56-25-17-16-20-42(56)52(63)68-45(35(4)28-39-22-24-43(57)46(29-39)66-11)31-44(58)34(3)27-37(6)48(60)49(67-12)47(59)36(5)26-32/h13-15,18-19,27,32,34-36,38-43,45-46,48-49,55,57,60,64H,16-17,20-26,28-31H2,1-12H3/b15-13+,18-14+,33-19+,37-27+/t32-,34-,35-,36-,38-,39+,40+,41+,42+,43-,45+,46-,48-,49+,54-,70-/m1/s1. The number of Topliss-reactive ketones (excluding diaryl/α,β-unsaturated/α-hetero) is 3. The van der Waals surface area contributed by atoms with Gasteiger partial charge in [0.1, 0.15) is 30.1 Å². The van der Waals surface area contributed by atoms with Crippen LogP contribution in [-0.2, 0) is 53.9 Å². The van der Waals surface area contributed by atoms with Gasteiger partial charge in [0.25, 0.3) is 11.7 Å². The maximum atomic E-state index is 14.5. The molecule has 1 saturated carbocycles. The highest BCUT2D eigenvalue weighted by Gasteiger charge is 2.53. The minimum absolute atomic E-state index is 0.0206. The van der Waals surface area contributed by atoms with Crippen molar-refractivity contribution in [3.05, 3.63) is 47.6 Å². The van der Waals surface area contributed by atoms with Gasteiger partial charge in [0, 0.05) is 51.0 Å². The van der Waals surface area contributed by atoms with E-state index in [0.29, 0.717) is 63.4 Å². The van der Waals surface area contributed by atoms with Gasteiger partial charge in [-0.25, -0.2) is 13.7 Å². The lowest BCUT2D eigenvalue weighted by atomic mass is 9.78. The minimum Gasteiger partial charge on any atom is -0.460 e. The fourth-order valence-corrected chi connectivity index (χ4v) is 11.2. The van der Waals surface area contributed by atoms with Crippen molar-refractivity contribution in [3.63, 3.8) is 0 Å². The average molecular weight is 1000 g/mol. The summed E-state index contributed by atoms with van der Waals surface area (Å²) >= 11 is 0. The molecule has 16 heteroatoms. The van der Waals surface area contributed by atoms with Crippen molar-refractivity contribution in [2.24, 2.45) is 35.5 Å². The summed E-state index contributed by atoms with van der Waals surface area (Å²) in [6, 6.07) is -1.68. The number of nitrogens with one attached hydrogen (secondary N) is 1. The van der Waals surface area contributed by atoms with Crippen LogP contribution in [0.3, 0.4) is 0 Å². The molecular formula is C54H86N2O13S. The van der Waals surface area contributed by atoms with Gasteiger partial charge in [-0.05, 0) is 129 Å². The SMILES string of the molecule is CO[C@@H]1C[C@H](C[C@@H](C)[C@@H]2CC(=O)[C@H](C)/C=C(\C)[C@@H](O)[C@@H](OC)C(=O)[C@H](C)C[C@H](C)/C=C/C=C/C=C(\C)[C@@H](N[S@](=O)C(C)(C)C)C[C@@H]3CC[C@@H](C)[C@@](O)(O3)C(=O)C(=O)N3CCCC[C@H]3C(=O)O2)CC[C@H]1O. The smallest absolute Gasteiger partial charge is 0.329 e. The molecule has 1 aliphatic carbocycles. The fraction of sp³-hybridized carbons (Fsp3) is 0.759. The molecular weight excluding hydrogens is 917 g/mol. The largest absolute Gasteiger partial charge is 0.460 e. The quantitative estimate of drug-likeness (QED) is 0.121. The van der Waals surface area contributed by atoms with Gasteiger partial charge in [0.15, 0.2) is 5.78 Å². The van der Waals surface area contributed by atoms with Crippen molar-refractivity contribution in [2.75, 3.05) is 20.8 Å². The Labute approximate surface area is 420 Å². The van der Waals surface area contributed by atoms with Gasteiger partial charge >= 0.3 is 5.97 Å². The third-order valence-electron chi connectivity index (χ3n) is 15.1. The number of methoxy groups -OCH3 is 2. The summed E-state index contributed by atoms with van der Waals surface area (Å²) in [5, 5.41) is 34.1. The lowest BCUT2D eigenvalue weighted by Gasteiger charge is -2.43. The third-order valence-corrected chi connectivity index (χ3v) is 16.7. The molecule has 0 radical (unpaired) electrons. The van der Waals surface area contributed by atoms with Gasteiger partial charge < -0.3 is 39.2 Å². The van der Waals surface area contributed by atoms with Crippen LogP contribution in [0.4, 0.5) is 0 Å². The van der Waals surface area contributed by atoms with Crippen LogP contribution in [0.2, 0.25) is 0 Å². The molecule has 4 rings (SSSR count). The van der Waals surface area contributed by atoms with Crippen molar-refractivity contribution in [1.82, 2.24) is 9.62 Å². The van der Waals surface area contributed by atoms with E-state index in [4.69, 9.17) is 18.9 Å². The van der Waals surface area contributed by atoms with Crippen LogP contribution in [0, 0.1) is 35.5 Å². The summed E-state index contributed by atoms with van der Waals surface area (Å²) in [7, 11) is 1.43. The number of carbonyl (C=O) groups is 5. The first kappa shape index (κ1) is 59.3. The molecule has 15 nitrogen and oxygen atoms in total. The number of esters is 1. The van der Waals surface area contributed by atoms with Crippen LogP contribution in [0.15, 0.2) is 47.6 Å². The topological polar surface area (TPSA) is 215 Å². The number of piperidine rings is 1. The summed E-state index contributed by atoms with van der Waals surface area (Å²) in [4.78, 5) is 72.4. The van der Waals surface area contributed by atoms with Gasteiger partial charge in [0.2, 0.25) is 5.79 Å². The second kappa shape index (κ2) is 26.6. The maximum absolute atomic E-state index is 14.5. The predicted molar refractivity (Wildman–Crippen MR) is 269 cm³/mol. The van der Waals surface area contributed by atoms with Crippen molar-refractivity contribution >= 4 is 40.2 Å². The van der Waals surface area contributed by atoms with Crippen molar-refractivity contribution in [2.45, 2.75) is 206 Å². The number of amides is 1. The number of cyclic esters (lactones) is 1. The van der Waals surface area contributed by atoms with E-state index >= 15 is 0 Å². The zero-order valence-electron chi connectivity index (χ0n) is 44.0. The number of nitrogens with zero attached hydrogens (tertiary/aromatic N) is 1. The molecule has 0 spiro atoms. The molecule has 0 aromatic carbocycles. The van der Waals surface area contributed by atoms with E-state index in [-0.39, 0.29) is 61.2 Å². The van der Waals surface area contributed by atoms with Crippen molar-refractivity contribution in [3.8, 4) is 0 Å². The second-order valence-corrected chi connectivity index (χ2v) is 23.9. The number of aliphatic hydroxyl groups excluding tert-OH is 2. The Morgan fingerprint density at radius 2 is 1.60 bits per heavy atom. The number of aliphatic hydroxyl groups is 3. The zero-order valence-corrected chi connectivity index (χ0v) is 44.8. The molecule has 16 atom stereocenters. The molecule has 0 unspecified atom stereocenters.